The monoisotopic (exact) mass is 1150 g/mol. The Hall–Kier alpha value is -6.58. The molecule has 3 aromatic rings. The smallest absolute Gasteiger partial charge is 0.326 e. The number of fused-ring (bicyclic) bond motifs is 1. The Morgan fingerprint density at radius 3 is 1.52 bits per heavy atom. The van der Waals surface area contributed by atoms with Gasteiger partial charge in [-0.25, -0.2) is 19.4 Å². The highest BCUT2D eigenvalue weighted by atomic mass is 16.6. The molecule has 0 saturated heterocycles. The van der Waals surface area contributed by atoms with Gasteiger partial charge in [0.2, 0.25) is 17.7 Å². The van der Waals surface area contributed by atoms with Crippen molar-refractivity contribution in [3.05, 3.63) is 53.6 Å². The maximum Gasteiger partial charge on any atom is 0.326 e. The minimum absolute atomic E-state index is 0.0832. The molecule has 0 spiro atoms. The molecule has 456 valence electrons. The van der Waals surface area contributed by atoms with Crippen LogP contribution in [0.4, 0.5) is 10.7 Å². The Kier molecular flexibility index (Phi) is 38.2. The molecule has 0 fully saturated rings. The van der Waals surface area contributed by atoms with E-state index in [1.54, 1.807) is 6.20 Å². The predicted molar refractivity (Wildman–Crippen MR) is 288 cm³/mol. The van der Waals surface area contributed by atoms with Crippen molar-refractivity contribution in [1.29, 1.82) is 0 Å². The number of imidazole rings is 1. The van der Waals surface area contributed by atoms with Gasteiger partial charge in [-0.15, -0.1) is 0 Å². The van der Waals surface area contributed by atoms with Crippen molar-refractivity contribution < 1.29 is 96.1 Å². The van der Waals surface area contributed by atoms with Crippen LogP contribution >= 0.6 is 0 Å². The first kappa shape index (κ1) is 68.7. The summed E-state index contributed by atoms with van der Waals surface area (Å²) >= 11 is 0. The zero-order valence-electron chi connectivity index (χ0n) is 45.8. The van der Waals surface area contributed by atoms with Gasteiger partial charge in [-0.3, -0.25) is 9.59 Å². The molecule has 30 nitrogen and oxygen atoms in total. The molecule has 2 atom stereocenters. The average Bonchev–Trinajstić information content (AvgIpc) is 3.93. The van der Waals surface area contributed by atoms with Crippen LogP contribution in [0, 0.1) is 0 Å². The maximum atomic E-state index is 12.2. The molecule has 0 unspecified atom stereocenters. The highest BCUT2D eigenvalue weighted by molar-refractivity contribution is 5.86. The van der Waals surface area contributed by atoms with Crippen LogP contribution in [-0.4, -0.2) is 229 Å². The molecular formula is C51H82N10O20. The van der Waals surface area contributed by atoms with Gasteiger partial charge in [-0.1, -0.05) is 24.3 Å². The topological polar surface area (TPSA) is 411 Å². The van der Waals surface area contributed by atoms with E-state index in [0.717, 1.165) is 11.1 Å². The standard InChI is InChI=1S/C51H82N10O20/c52-40(34-54-11-2-1-3-41(48(65)66)58-51(69)59-42(49(67)68)8-9-44(63)64)36-80-32-31-79-30-29-78-28-27-77-26-25-76-24-23-75-22-21-74-20-19-73-18-17-72-16-15-71-14-13-70-12-10-43(62)55-33-38-4-6-39(7-5-38)35-81-47-45-46(57-37-56-45)60-50(53)61-47/h4-7,34,37,41-42,54H,1-3,8-33,35-36,52H2,(H,55,62)(H,63,64)(H,65,66)(H,67,68)(H2,58,59,69)(H3,53,56,57,60,61)/b40-34-/t41-,42-/m0/s1. The number of carbonyl (C=O) groups is 5. The number of benzene rings is 1. The number of aromatic amines is 1. The number of hydrogen-bond donors (Lipinski definition) is 10. The van der Waals surface area contributed by atoms with Gasteiger partial charge in [-0.05, 0) is 36.8 Å². The highest BCUT2D eigenvalue weighted by Crippen LogP contribution is 2.21. The number of nitrogens with two attached hydrogens (primary N) is 2. The Labute approximate surface area is 469 Å². The number of hydrogen-bond acceptors (Lipinski definition) is 23. The molecule has 3 rings (SSSR count). The second-order valence-electron chi connectivity index (χ2n) is 17.3. The van der Waals surface area contributed by atoms with Crippen LogP contribution < -0.4 is 37.5 Å². The second kappa shape index (κ2) is 45.1. The van der Waals surface area contributed by atoms with Crippen molar-refractivity contribution in [2.45, 2.75) is 63.8 Å². The van der Waals surface area contributed by atoms with Crippen LogP contribution in [-0.2, 0) is 84.4 Å². The van der Waals surface area contributed by atoms with Gasteiger partial charge in [0, 0.05) is 32.1 Å². The second-order valence-corrected chi connectivity index (χ2v) is 17.3. The number of nitrogens with zero attached hydrogens (tertiary/aromatic N) is 3. The molecule has 0 aliphatic heterocycles. The van der Waals surface area contributed by atoms with Crippen LogP contribution in [0.2, 0.25) is 0 Å². The van der Waals surface area contributed by atoms with E-state index < -0.39 is 42.4 Å². The lowest BCUT2D eigenvalue weighted by Crippen LogP contribution is -2.51. The molecule has 2 heterocycles. The van der Waals surface area contributed by atoms with Gasteiger partial charge in [0.15, 0.2) is 11.2 Å². The summed E-state index contributed by atoms with van der Waals surface area (Å²) in [4.78, 5) is 73.1. The van der Waals surface area contributed by atoms with Gasteiger partial charge in [0.1, 0.15) is 18.7 Å². The van der Waals surface area contributed by atoms with Gasteiger partial charge < -0.3 is 110 Å². The number of anilines is 1. The number of carboxylic acid groups (broad SMARTS) is 3. The number of nitrogen functional groups attached to an aromatic ring is 1. The van der Waals surface area contributed by atoms with E-state index in [-0.39, 0.29) is 50.9 Å². The molecule has 0 saturated carbocycles. The first-order valence-corrected chi connectivity index (χ1v) is 26.6. The summed E-state index contributed by atoms with van der Waals surface area (Å²) in [5.41, 5.74) is 15.0. The molecule has 1 aromatic carbocycles. The molecule has 30 heteroatoms. The number of unbranched alkanes of at least 4 members (excludes halogenated alkanes) is 1. The Morgan fingerprint density at radius 1 is 0.580 bits per heavy atom. The van der Waals surface area contributed by atoms with Crippen molar-refractivity contribution in [2.75, 3.05) is 158 Å². The minimum atomic E-state index is -1.47. The summed E-state index contributed by atoms with van der Waals surface area (Å²) in [6, 6.07) is 3.92. The third-order valence-electron chi connectivity index (χ3n) is 10.8. The number of H-pyrrole nitrogens is 1. The first-order valence-electron chi connectivity index (χ1n) is 26.6. The Morgan fingerprint density at radius 2 is 1.04 bits per heavy atom. The van der Waals surface area contributed by atoms with E-state index in [2.05, 4.69) is 41.2 Å². The number of ether oxygens (including phenoxy) is 12. The fourth-order valence-corrected chi connectivity index (χ4v) is 6.64. The van der Waals surface area contributed by atoms with Crippen molar-refractivity contribution in [2.24, 2.45) is 5.73 Å². The summed E-state index contributed by atoms with van der Waals surface area (Å²) in [5, 5.41) is 37.5. The Bertz CT molecular complexity index is 2210. The van der Waals surface area contributed by atoms with Crippen molar-refractivity contribution in [1.82, 2.24) is 41.2 Å². The number of carboxylic acids is 3. The number of urea groups is 1. The van der Waals surface area contributed by atoms with Crippen molar-refractivity contribution in [3.63, 3.8) is 0 Å². The zero-order valence-corrected chi connectivity index (χ0v) is 45.8. The van der Waals surface area contributed by atoms with Crippen molar-refractivity contribution >= 4 is 47.0 Å². The van der Waals surface area contributed by atoms with Crippen LogP contribution in [0.1, 0.15) is 49.7 Å². The van der Waals surface area contributed by atoms with E-state index in [4.69, 9.17) is 78.5 Å². The number of nitrogens with one attached hydrogen (secondary N) is 5. The SMILES string of the molecule is N/C(=C\NCCCC[C@H](NC(=O)N[C@@H](CCC(=O)O)C(=O)O)C(=O)O)COCCOCCOCCOCCOCCOCCOCCOCCOCCOCCOCCC(=O)NCc1ccc(COc2nc(N)nc3[nH]cnc23)cc1. The summed E-state index contributed by atoms with van der Waals surface area (Å²) in [7, 11) is 0. The van der Waals surface area contributed by atoms with Gasteiger partial charge in [0.05, 0.1) is 157 Å². The lowest BCUT2D eigenvalue weighted by Gasteiger charge is -2.18. The van der Waals surface area contributed by atoms with Crippen LogP contribution in [0.25, 0.3) is 11.2 Å². The fourth-order valence-electron chi connectivity index (χ4n) is 6.64. The van der Waals surface area contributed by atoms with Gasteiger partial charge in [-0.2, -0.15) is 9.97 Å². The molecule has 2 aromatic heterocycles. The van der Waals surface area contributed by atoms with E-state index in [9.17, 15) is 29.1 Å². The molecule has 0 aliphatic rings. The molecule has 81 heavy (non-hydrogen) atoms. The normalized spacial score (nSPS) is 12.3. The zero-order chi connectivity index (χ0) is 58.4. The maximum absolute atomic E-state index is 12.2. The summed E-state index contributed by atoms with van der Waals surface area (Å²) in [6.07, 6.45) is 3.55. The lowest BCUT2D eigenvalue weighted by molar-refractivity contribution is -0.141. The molecule has 3 amide bonds. The number of rotatable bonds is 53. The summed E-state index contributed by atoms with van der Waals surface area (Å²) in [5.74, 6) is -3.66. The number of carbonyl (C=O) groups excluding carboxylic acids is 2. The van der Waals surface area contributed by atoms with E-state index in [1.165, 1.54) is 6.33 Å². The minimum Gasteiger partial charge on any atom is -0.481 e. The number of aliphatic carboxylic acids is 3. The first-order chi connectivity index (χ1) is 39.4. The predicted octanol–water partition coefficient (Wildman–Crippen LogP) is 0.333. The lowest BCUT2D eigenvalue weighted by atomic mass is 10.1. The summed E-state index contributed by atoms with van der Waals surface area (Å²) < 4.78 is 66.3. The van der Waals surface area contributed by atoms with Gasteiger partial charge in [0.25, 0.3) is 0 Å². The van der Waals surface area contributed by atoms with Crippen LogP contribution in [0.3, 0.4) is 0 Å². The number of aromatic nitrogens is 4. The fraction of sp³-hybridized carbons (Fsp3) is 0.647. The molecule has 0 bridgehead atoms. The average molecular weight is 1160 g/mol. The molecular weight excluding hydrogens is 1070 g/mol. The molecule has 12 N–H and O–H groups in total. The largest absolute Gasteiger partial charge is 0.481 e. The van der Waals surface area contributed by atoms with Crippen LogP contribution in [0.15, 0.2) is 42.5 Å². The quantitative estimate of drug-likeness (QED) is 0.0341. The van der Waals surface area contributed by atoms with Crippen LogP contribution in [0.5, 0.6) is 5.88 Å². The van der Waals surface area contributed by atoms with Crippen molar-refractivity contribution in [3.8, 4) is 5.88 Å². The molecule has 0 radical (unpaired) electrons. The van der Waals surface area contributed by atoms with E-state index in [0.29, 0.717) is 181 Å². The third-order valence-corrected chi connectivity index (χ3v) is 10.8. The Balaban J connectivity index is 0.952. The van der Waals surface area contributed by atoms with E-state index >= 15 is 0 Å². The summed E-state index contributed by atoms with van der Waals surface area (Å²) in [6.45, 7) is 9.89. The van der Waals surface area contributed by atoms with Gasteiger partial charge >= 0.3 is 23.9 Å². The van der Waals surface area contributed by atoms with E-state index in [1.807, 2.05) is 24.3 Å². The third kappa shape index (κ3) is 35.7. The number of amides is 3. The highest BCUT2D eigenvalue weighted by Gasteiger charge is 2.25. The molecule has 0 aliphatic carbocycles.